The van der Waals surface area contributed by atoms with Gasteiger partial charge in [0.1, 0.15) is 0 Å². The second kappa shape index (κ2) is 6.69. The van der Waals surface area contributed by atoms with Crippen molar-refractivity contribution >= 4 is 27.3 Å². The molecule has 5 nitrogen and oxygen atoms in total. The van der Waals surface area contributed by atoms with Gasteiger partial charge in [0, 0.05) is 11.1 Å². The molecule has 0 aromatic heterocycles. The molecule has 1 aromatic rings. The molecule has 0 radical (unpaired) electrons. The van der Waals surface area contributed by atoms with E-state index in [1.807, 2.05) is 41.5 Å². The summed E-state index contributed by atoms with van der Waals surface area (Å²) >= 11 is 0. The Morgan fingerprint density at radius 2 is 1.82 bits per heavy atom. The van der Waals surface area contributed by atoms with Crippen molar-refractivity contribution in [1.29, 1.82) is 0 Å². The highest BCUT2D eigenvalue weighted by Gasteiger charge is 2.22. The Balaban J connectivity index is 2.98. The van der Waals surface area contributed by atoms with Gasteiger partial charge in [-0.2, -0.15) is 0 Å². The summed E-state index contributed by atoms with van der Waals surface area (Å²) in [6.07, 6.45) is 0. The molecule has 6 heteroatoms. The first kappa shape index (κ1) is 18.5. The first-order valence-electron chi connectivity index (χ1n) is 7.33. The summed E-state index contributed by atoms with van der Waals surface area (Å²) in [6.45, 7) is 11.0. The van der Waals surface area contributed by atoms with Gasteiger partial charge in [0.05, 0.1) is 11.4 Å². The van der Waals surface area contributed by atoms with Crippen LogP contribution in [0.25, 0.3) is 0 Å². The molecule has 22 heavy (non-hydrogen) atoms. The summed E-state index contributed by atoms with van der Waals surface area (Å²) < 4.78 is 26.5. The maximum atomic E-state index is 12.1. The number of nitrogens with one attached hydrogen (secondary N) is 2. The van der Waals surface area contributed by atoms with Crippen LogP contribution in [0.3, 0.4) is 0 Å². The molecular weight excluding hydrogens is 300 g/mol. The third kappa shape index (κ3) is 5.67. The number of amides is 1. The molecular formula is C16H26N2O3S. The number of benzene rings is 1. The zero-order valence-electron chi connectivity index (χ0n) is 14.1. The molecule has 0 aliphatic carbocycles. The maximum Gasteiger partial charge on any atom is 0.232 e. The third-order valence-corrected chi connectivity index (χ3v) is 4.65. The molecule has 124 valence electrons. The Kier molecular flexibility index (Phi) is 5.62. The molecule has 0 saturated carbocycles. The van der Waals surface area contributed by atoms with Crippen molar-refractivity contribution < 1.29 is 13.2 Å². The van der Waals surface area contributed by atoms with Gasteiger partial charge in [-0.15, -0.1) is 0 Å². The minimum Gasteiger partial charge on any atom is -0.325 e. The molecule has 1 rings (SSSR count). The number of anilines is 2. The van der Waals surface area contributed by atoms with Crippen LogP contribution < -0.4 is 10.0 Å². The van der Waals surface area contributed by atoms with E-state index in [4.69, 9.17) is 0 Å². The fraction of sp³-hybridized carbons (Fsp3) is 0.562. The maximum absolute atomic E-state index is 12.1. The summed E-state index contributed by atoms with van der Waals surface area (Å²) in [5, 5.41) is 2.84. The smallest absolute Gasteiger partial charge is 0.232 e. The molecule has 0 heterocycles. The van der Waals surface area contributed by atoms with Crippen molar-refractivity contribution in [2.75, 3.05) is 15.8 Å². The standard InChI is InChI=1S/C16H26N2O3S/c1-11(2)10-22(20,21)18-13-8-7-12(3)14(9-13)17-15(19)16(4,5)6/h7-9,11,18H,10H2,1-6H3,(H,17,19). The summed E-state index contributed by atoms with van der Waals surface area (Å²) in [6, 6.07) is 5.13. The van der Waals surface area contributed by atoms with Crippen molar-refractivity contribution in [2.45, 2.75) is 41.5 Å². The average molecular weight is 326 g/mol. The molecule has 0 aliphatic rings. The SMILES string of the molecule is Cc1ccc(NS(=O)(=O)CC(C)C)cc1NC(=O)C(C)(C)C. The molecule has 0 unspecified atom stereocenters. The van der Waals surface area contributed by atoms with Gasteiger partial charge in [0.25, 0.3) is 0 Å². The highest BCUT2D eigenvalue weighted by atomic mass is 32.2. The Hall–Kier alpha value is -1.56. The zero-order valence-corrected chi connectivity index (χ0v) is 15.0. The number of hydrogen-bond donors (Lipinski definition) is 2. The number of rotatable bonds is 5. The second-order valence-electron chi connectivity index (χ2n) is 7.01. The van der Waals surface area contributed by atoms with Gasteiger partial charge >= 0.3 is 0 Å². The molecule has 0 atom stereocenters. The predicted molar refractivity (Wildman–Crippen MR) is 91.5 cm³/mol. The van der Waals surface area contributed by atoms with Crippen LogP contribution in [-0.4, -0.2) is 20.1 Å². The summed E-state index contributed by atoms with van der Waals surface area (Å²) in [7, 11) is -3.38. The Morgan fingerprint density at radius 3 is 2.32 bits per heavy atom. The lowest BCUT2D eigenvalue weighted by Crippen LogP contribution is -2.28. The van der Waals surface area contributed by atoms with Crippen LogP contribution in [0.1, 0.15) is 40.2 Å². The van der Waals surface area contributed by atoms with Gasteiger partial charge < -0.3 is 5.32 Å². The van der Waals surface area contributed by atoms with Crippen LogP contribution in [0.4, 0.5) is 11.4 Å². The van der Waals surface area contributed by atoms with E-state index in [1.165, 1.54) is 0 Å². The van der Waals surface area contributed by atoms with Gasteiger partial charge in [-0.25, -0.2) is 8.42 Å². The van der Waals surface area contributed by atoms with E-state index >= 15 is 0 Å². The summed E-state index contributed by atoms with van der Waals surface area (Å²) in [5.41, 5.74) is 1.43. The van der Waals surface area contributed by atoms with Crippen LogP contribution in [0.15, 0.2) is 18.2 Å². The highest BCUT2D eigenvalue weighted by Crippen LogP contribution is 2.24. The van der Waals surface area contributed by atoms with Crippen molar-refractivity contribution in [2.24, 2.45) is 11.3 Å². The quantitative estimate of drug-likeness (QED) is 0.871. The highest BCUT2D eigenvalue weighted by molar-refractivity contribution is 7.92. The van der Waals surface area contributed by atoms with E-state index in [0.717, 1.165) is 5.56 Å². The largest absolute Gasteiger partial charge is 0.325 e. The molecule has 2 N–H and O–H groups in total. The van der Waals surface area contributed by atoms with Gasteiger partial charge in [-0.05, 0) is 30.5 Å². The van der Waals surface area contributed by atoms with E-state index in [1.54, 1.807) is 18.2 Å². The Morgan fingerprint density at radius 1 is 1.23 bits per heavy atom. The minimum absolute atomic E-state index is 0.0445. The lowest BCUT2D eigenvalue weighted by atomic mass is 9.95. The van der Waals surface area contributed by atoms with Crippen LogP contribution in [0.5, 0.6) is 0 Å². The van der Waals surface area contributed by atoms with Crippen molar-refractivity contribution in [3.05, 3.63) is 23.8 Å². The second-order valence-corrected chi connectivity index (χ2v) is 8.78. The van der Waals surface area contributed by atoms with E-state index in [9.17, 15) is 13.2 Å². The first-order valence-corrected chi connectivity index (χ1v) is 8.98. The topological polar surface area (TPSA) is 75.3 Å². The van der Waals surface area contributed by atoms with E-state index in [2.05, 4.69) is 10.0 Å². The van der Waals surface area contributed by atoms with E-state index < -0.39 is 15.4 Å². The van der Waals surface area contributed by atoms with Gasteiger partial charge in [0.15, 0.2) is 0 Å². The normalized spacial score (nSPS) is 12.3. The molecule has 1 aromatic carbocycles. The molecule has 0 fully saturated rings. The minimum atomic E-state index is -3.38. The molecule has 0 bridgehead atoms. The molecule has 0 spiro atoms. The van der Waals surface area contributed by atoms with Crippen LogP contribution in [-0.2, 0) is 14.8 Å². The zero-order chi connectivity index (χ0) is 17.1. The fourth-order valence-electron chi connectivity index (χ4n) is 1.79. The van der Waals surface area contributed by atoms with Gasteiger partial charge in [-0.3, -0.25) is 9.52 Å². The Bertz CT molecular complexity index is 644. The van der Waals surface area contributed by atoms with Gasteiger partial charge in [0.2, 0.25) is 15.9 Å². The number of sulfonamides is 1. The predicted octanol–water partition coefficient (Wildman–Crippen LogP) is 3.38. The number of carbonyl (C=O) groups excluding carboxylic acids is 1. The lowest BCUT2D eigenvalue weighted by molar-refractivity contribution is -0.123. The lowest BCUT2D eigenvalue weighted by Gasteiger charge is -2.19. The number of hydrogen-bond acceptors (Lipinski definition) is 3. The summed E-state index contributed by atoms with van der Waals surface area (Å²) in [5.74, 6) is -0.00862. The molecule has 0 aliphatic heterocycles. The van der Waals surface area contributed by atoms with Crippen molar-refractivity contribution in [3.8, 4) is 0 Å². The van der Waals surface area contributed by atoms with Crippen LogP contribution >= 0.6 is 0 Å². The Labute approximate surface area is 133 Å². The summed E-state index contributed by atoms with van der Waals surface area (Å²) in [4.78, 5) is 12.1. The van der Waals surface area contributed by atoms with Gasteiger partial charge in [-0.1, -0.05) is 40.7 Å². The number of aryl methyl sites for hydroxylation is 1. The monoisotopic (exact) mass is 326 g/mol. The molecule has 1 amide bonds. The average Bonchev–Trinajstić information content (AvgIpc) is 2.29. The van der Waals surface area contributed by atoms with Crippen LogP contribution in [0.2, 0.25) is 0 Å². The van der Waals surface area contributed by atoms with Crippen molar-refractivity contribution in [3.63, 3.8) is 0 Å². The van der Waals surface area contributed by atoms with Crippen LogP contribution in [0, 0.1) is 18.3 Å². The van der Waals surface area contributed by atoms with E-state index in [-0.39, 0.29) is 17.6 Å². The third-order valence-electron chi connectivity index (χ3n) is 2.99. The number of carbonyl (C=O) groups is 1. The first-order chi connectivity index (χ1) is 9.90. The fourth-order valence-corrected chi connectivity index (χ4v) is 3.24. The van der Waals surface area contributed by atoms with Crippen molar-refractivity contribution in [1.82, 2.24) is 0 Å². The van der Waals surface area contributed by atoms with E-state index in [0.29, 0.717) is 11.4 Å². The molecule has 0 saturated heterocycles.